The van der Waals surface area contributed by atoms with Gasteiger partial charge in [-0.1, -0.05) is 6.92 Å². The number of hydrogen-bond donors (Lipinski definition) is 0. The zero-order valence-corrected chi connectivity index (χ0v) is 8.55. The van der Waals surface area contributed by atoms with E-state index in [0.29, 0.717) is 12.0 Å². The Hall–Kier alpha value is -0.0800. The molecule has 1 saturated heterocycles. The fourth-order valence-corrected chi connectivity index (χ4v) is 2.44. The topological polar surface area (TPSA) is 23.1 Å². The number of hydrogen-bond acceptors (Lipinski definition) is 1. The zero-order chi connectivity index (χ0) is 9.19. The van der Waals surface area contributed by atoms with Gasteiger partial charge in [-0.2, -0.15) is 0 Å². The number of quaternary nitrogens is 1. The summed E-state index contributed by atoms with van der Waals surface area (Å²) in [6.07, 6.45) is 3.56. The van der Waals surface area contributed by atoms with Gasteiger partial charge in [0, 0.05) is 5.92 Å². The molecular weight excluding hydrogens is 150 g/mol. The summed E-state index contributed by atoms with van der Waals surface area (Å²) in [5, 5.41) is 12.1. The van der Waals surface area contributed by atoms with Gasteiger partial charge in [-0.3, -0.25) is 0 Å². The summed E-state index contributed by atoms with van der Waals surface area (Å²) in [7, 11) is 0. The van der Waals surface area contributed by atoms with E-state index in [2.05, 4.69) is 13.8 Å². The minimum atomic E-state index is 0.0541. The largest absolute Gasteiger partial charge is 0.633 e. The molecule has 1 heterocycles. The Morgan fingerprint density at radius 2 is 2.08 bits per heavy atom. The average molecular weight is 171 g/mol. The van der Waals surface area contributed by atoms with Crippen molar-refractivity contribution in [3.8, 4) is 0 Å². The van der Waals surface area contributed by atoms with Crippen LogP contribution in [0.2, 0.25) is 0 Å². The summed E-state index contributed by atoms with van der Waals surface area (Å²) in [6, 6.07) is 0.328. The lowest BCUT2D eigenvalue weighted by Gasteiger charge is -2.52. The van der Waals surface area contributed by atoms with E-state index in [1.807, 2.05) is 6.92 Å². The molecule has 0 aromatic rings. The van der Waals surface area contributed by atoms with Crippen LogP contribution in [-0.2, 0) is 0 Å². The fourth-order valence-electron chi connectivity index (χ4n) is 2.44. The summed E-state index contributed by atoms with van der Waals surface area (Å²) >= 11 is 0. The molecule has 2 nitrogen and oxygen atoms in total. The molecule has 0 amide bonds. The van der Waals surface area contributed by atoms with Gasteiger partial charge in [0.05, 0.1) is 19.1 Å². The normalized spacial score (nSPS) is 43.0. The van der Waals surface area contributed by atoms with Crippen LogP contribution in [-0.4, -0.2) is 23.8 Å². The second kappa shape index (κ2) is 3.75. The molecule has 1 aliphatic rings. The second-order valence-electron chi connectivity index (χ2n) is 4.04. The summed E-state index contributed by atoms with van der Waals surface area (Å²) in [6.45, 7) is 7.93. The smallest absolute Gasteiger partial charge is 0.0887 e. The van der Waals surface area contributed by atoms with Crippen LogP contribution in [0.4, 0.5) is 0 Å². The monoisotopic (exact) mass is 171 g/mol. The van der Waals surface area contributed by atoms with Crippen LogP contribution in [0.15, 0.2) is 0 Å². The van der Waals surface area contributed by atoms with Crippen molar-refractivity contribution in [1.82, 2.24) is 0 Å². The molecule has 0 saturated carbocycles. The molecule has 0 spiro atoms. The van der Waals surface area contributed by atoms with Crippen molar-refractivity contribution in [2.24, 2.45) is 5.92 Å². The third-order valence-corrected chi connectivity index (χ3v) is 3.60. The van der Waals surface area contributed by atoms with Gasteiger partial charge < -0.3 is 9.85 Å². The Bertz CT molecular complexity index is 149. The van der Waals surface area contributed by atoms with E-state index in [1.165, 1.54) is 12.8 Å². The predicted octanol–water partition coefficient (Wildman–Crippen LogP) is 2.53. The fraction of sp³-hybridized carbons (Fsp3) is 1.00. The zero-order valence-electron chi connectivity index (χ0n) is 8.55. The molecule has 0 aliphatic carbocycles. The Morgan fingerprint density at radius 1 is 1.42 bits per heavy atom. The van der Waals surface area contributed by atoms with Gasteiger partial charge in [-0.05, 0) is 33.1 Å². The predicted molar refractivity (Wildman–Crippen MR) is 51.5 cm³/mol. The third-order valence-electron chi connectivity index (χ3n) is 3.60. The minimum Gasteiger partial charge on any atom is -0.633 e. The van der Waals surface area contributed by atoms with Crippen LogP contribution in [0.25, 0.3) is 0 Å². The van der Waals surface area contributed by atoms with Gasteiger partial charge in [0.25, 0.3) is 0 Å². The van der Waals surface area contributed by atoms with E-state index in [1.54, 1.807) is 0 Å². The van der Waals surface area contributed by atoms with Gasteiger partial charge in [0.1, 0.15) is 0 Å². The van der Waals surface area contributed by atoms with Crippen LogP contribution in [0, 0.1) is 11.1 Å². The number of rotatable bonds is 2. The summed E-state index contributed by atoms with van der Waals surface area (Å²) in [5.41, 5.74) is 0. The van der Waals surface area contributed by atoms with Crippen molar-refractivity contribution in [2.45, 2.75) is 46.1 Å². The van der Waals surface area contributed by atoms with Gasteiger partial charge in [-0.15, -0.1) is 0 Å². The maximum absolute atomic E-state index is 12.1. The molecule has 2 heteroatoms. The van der Waals surface area contributed by atoms with Gasteiger partial charge in [-0.25, -0.2) is 0 Å². The first-order valence-corrected chi connectivity index (χ1v) is 5.21. The van der Waals surface area contributed by atoms with Gasteiger partial charge in [0.15, 0.2) is 0 Å². The SMILES string of the molecule is CCC1CCC[N+]([O-])(CC)C1C. The molecule has 0 N–H and O–H groups in total. The van der Waals surface area contributed by atoms with Crippen molar-refractivity contribution in [1.29, 1.82) is 0 Å². The first kappa shape index (κ1) is 10.0. The first-order chi connectivity index (χ1) is 5.64. The van der Waals surface area contributed by atoms with E-state index >= 15 is 0 Å². The standard InChI is InChI=1S/C10H21NO/c1-4-10-7-6-8-11(12,5-2)9(10)3/h9-10H,4-8H2,1-3H3. The highest BCUT2D eigenvalue weighted by Crippen LogP contribution is 2.30. The molecule has 1 fully saturated rings. The van der Waals surface area contributed by atoms with Gasteiger partial charge >= 0.3 is 0 Å². The third kappa shape index (κ3) is 1.64. The van der Waals surface area contributed by atoms with Crippen molar-refractivity contribution in [3.05, 3.63) is 5.21 Å². The van der Waals surface area contributed by atoms with Crippen LogP contribution in [0.5, 0.6) is 0 Å². The Balaban J connectivity index is 2.65. The molecule has 0 aromatic carbocycles. The first-order valence-electron chi connectivity index (χ1n) is 5.21. The highest BCUT2D eigenvalue weighted by Gasteiger charge is 2.33. The highest BCUT2D eigenvalue weighted by molar-refractivity contribution is 4.71. The molecule has 0 bridgehead atoms. The number of hydroxylamine groups is 3. The van der Waals surface area contributed by atoms with Gasteiger partial charge in [0.2, 0.25) is 0 Å². The lowest BCUT2D eigenvalue weighted by Crippen LogP contribution is -2.55. The molecular formula is C10H21NO. The van der Waals surface area contributed by atoms with E-state index in [0.717, 1.165) is 19.5 Å². The quantitative estimate of drug-likeness (QED) is 0.462. The highest BCUT2D eigenvalue weighted by atomic mass is 16.5. The van der Waals surface area contributed by atoms with Crippen molar-refractivity contribution in [3.63, 3.8) is 0 Å². The minimum absolute atomic E-state index is 0.0541. The molecule has 1 aliphatic heterocycles. The molecule has 1 rings (SSSR count). The maximum Gasteiger partial charge on any atom is 0.0887 e. The van der Waals surface area contributed by atoms with Crippen LogP contribution in [0.1, 0.15) is 40.0 Å². The van der Waals surface area contributed by atoms with E-state index in [4.69, 9.17) is 0 Å². The molecule has 12 heavy (non-hydrogen) atoms. The second-order valence-corrected chi connectivity index (χ2v) is 4.04. The molecule has 3 unspecified atom stereocenters. The summed E-state index contributed by atoms with van der Waals surface area (Å²) < 4.78 is 0.0541. The molecule has 0 radical (unpaired) electrons. The Morgan fingerprint density at radius 3 is 2.58 bits per heavy atom. The Kier molecular flexibility index (Phi) is 3.13. The molecule has 0 aromatic heterocycles. The number of likely N-dealkylation sites (tertiary alicyclic amines) is 1. The lowest BCUT2D eigenvalue weighted by molar-refractivity contribution is -0.911. The van der Waals surface area contributed by atoms with Crippen LogP contribution >= 0.6 is 0 Å². The number of piperidine rings is 1. The summed E-state index contributed by atoms with van der Waals surface area (Å²) in [4.78, 5) is 0. The van der Waals surface area contributed by atoms with Crippen molar-refractivity contribution >= 4 is 0 Å². The van der Waals surface area contributed by atoms with E-state index in [9.17, 15) is 5.21 Å². The number of nitrogens with zero attached hydrogens (tertiary/aromatic N) is 1. The van der Waals surface area contributed by atoms with Crippen molar-refractivity contribution < 1.29 is 4.65 Å². The summed E-state index contributed by atoms with van der Waals surface area (Å²) in [5.74, 6) is 0.663. The Labute approximate surface area is 75.7 Å². The maximum atomic E-state index is 12.1. The average Bonchev–Trinajstić information content (AvgIpc) is 2.10. The van der Waals surface area contributed by atoms with Crippen molar-refractivity contribution in [2.75, 3.05) is 13.1 Å². The molecule has 3 atom stereocenters. The molecule has 72 valence electrons. The van der Waals surface area contributed by atoms with E-state index in [-0.39, 0.29) is 4.65 Å². The van der Waals surface area contributed by atoms with Crippen LogP contribution in [0.3, 0.4) is 0 Å². The van der Waals surface area contributed by atoms with E-state index < -0.39 is 0 Å². The lowest BCUT2D eigenvalue weighted by atomic mass is 9.88. The van der Waals surface area contributed by atoms with Crippen LogP contribution < -0.4 is 0 Å².